The number of halogens is 4. The van der Waals surface area contributed by atoms with Gasteiger partial charge in [0.1, 0.15) is 5.15 Å². The summed E-state index contributed by atoms with van der Waals surface area (Å²) >= 11 is 6.39. The van der Waals surface area contributed by atoms with Gasteiger partial charge in [0.2, 0.25) is 0 Å². The van der Waals surface area contributed by atoms with Gasteiger partial charge in [-0.3, -0.25) is 0 Å². The molecule has 2 aromatic rings. The predicted molar refractivity (Wildman–Crippen MR) is 82.9 cm³/mol. The lowest BCUT2D eigenvalue weighted by Crippen LogP contribution is -2.27. The van der Waals surface area contributed by atoms with E-state index < -0.39 is 12.1 Å². The first-order valence-electron chi connectivity index (χ1n) is 7.92. The molecule has 1 aliphatic rings. The van der Waals surface area contributed by atoms with E-state index in [0.29, 0.717) is 23.6 Å². The number of aryl methyl sites for hydroxylation is 1. The van der Waals surface area contributed by atoms with Crippen molar-refractivity contribution < 1.29 is 13.2 Å². The molecule has 1 aliphatic carbocycles. The first-order valence-corrected chi connectivity index (χ1v) is 8.30. The van der Waals surface area contributed by atoms with Crippen LogP contribution in [0, 0.1) is 12.8 Å². The number of aromatic nitrogens is 3. The molecular formula is C16H19ClF3N3. The Morgan fingerprint density at radius 1 is 1.26 bits per heavy atom. The Morgan fingerprint density at radius 3 is 2.48 bits per heavy atom. The molecule has 0 atom stereocenters. The quantitative estimate of drug-likeness (QED) is 0.710. The van der Waals surface area contributed by atoms with E-state index >= 15 is 0 Å². The molecule has 0 saturated heterocycles. The van der Waals surface area contributed by atoms with Crippen LogP contribution >= 0.6 is 11.6 Å². The second-order valence-electron chi connectivity index (χ2n) is 6.25. The van der Waals surface area contributed by atoms with Gasteiger partial charge in [0.25, 0.3) is 0 Å². The zero-order valence-electron chi connectivity index (χ0n) is 13.1. The molecule has 126 valence electrons. The zero-order valence-corrected chi connectivity index (χ0v) is 13.9. The average molecular weight is 346 g/mol. The average Bonchev–Trinajstić information content (AvgIpc) is 2.91. The number of hydrogen-bond donors (Lipinski definition) is 0. The highest BCUT2D eigenvalue weighted by atomic mass is 35.5. The monoisotopic (exact) mass is 345 g/mol. The van der Waals surface area contributed by atoms with Crippen molar-refractivity contribution in [2.45, 2.75) is 58.0 Å². The lowest BCUT2D eigenvalue weighted by atomic mass is 9.80. The molecule has 0 aliphatic heterocycles. The topological polar surface area (TPSA) is 30.2 Å². The van der Waals surface area contributed by atoms with Crippen LogP contribution in [0.1, 0.15) is 55.5 Å². The van der Waals surface area contributed by atoms with E-state index in [-0.39, 0.29) is 18.8 Å². The normalized spacial score (nSPS) is 22.7. The van der Waals surface area contributed by atoms with Gasteiger partial charge in [-0.1, -0.05) is 18.5 Å². The summed E-state index contributed by atoms with van der Waals surface area (Å²) in [5.74, 6) is -1.12. The number of rotatable bonds is 2. The SMILES string of the molecule is CCc1c(C)nc2cc([C@H]3CC[C@H](C(F)(F)F)CC3)nn2c1Cl. The van der Waals surface area contributed by atoms with E-state index in [1.807, 2.05) is 19.9 Å². The molecule has 0 unspecified atom stereocenters. The van der Waals surface area contributed by atoms with Gasteiger partial charge in [-0.05, 0) is 39.0 Å². The van der Waals surface area contributed by atoms with Crippen LogP contribution in [-0.4, -0.2) is 20.8 Å². The molecule has 0 amide bonds. The Morgan fingerprint density at radius 2 is 1.91 bits per heavy atom. The fourth-order valence-corrected chi connectivity index (χ4v) is 3.84. The van der Waals surface area contributed by atoms with Crippen molar-refractivity contribution >= 4 is 17.2 Å². The third kappa shape index (κ3) is 3.05. The van der Waals surface area contributed by atoms with Gasteiger partial charge < -0.3 is 0 Å². The van der Waals surface area contributed by atoms with E-state index in [1.54, 1.807) is 4.52 Å². The van der Waals surface area contributed by atoms with Crippen molar-refractivity contribution in [3.05, 3.63) is 28.2 Å². The highest BCUT2D eigenvalue weighted by molar-refractivity contribution is 6.30. The maximum Gasteiger partial charge on any atom is 0.391 e. The van der Waals surface area contributed by atoms with Gasteiger partial charge in [-0.2, -0.15) is 18.3 Å². The van der Waals surface area contributed by atoms with Gasteiger partial charge in [-0.15, -0.1) is 0 Å². The molecule has 3 rings (SSSR count). The third-order valence-corrected chi connectivity index (χ3v) is 5.21. The smallest absolute Gasteiger partial charge is 0.233 e. The van der Waals surface area contributed by atoms with E-state index in [0.717, 1.165) is 23.4 Å². The Kier molecular flexibility index (Phi) is 4.29. The molecule has 1 saturated carbocycles. The summed E-state index contributed by atoms with van der Waals surface area (Å²) in [5, 5.41) is 5.06. The second kappa shape index (κ2) is 5.96. The van der Waals surface area contributed by atoms with Gasteiger partial charge in [-0.25, -0.2) is 9.50 Å². The number of nitrogens with zero attached hydrogens (tertiary/aromatic N) is 3. The standard InChI is InChI=1S/C16H19ClF3N3/c1-3-12-9(2)21-14-8-13(22-23(14)15(12)17)10-4-6-11(7-5-10)16(18,19)20/h8,10-11H,3-7H2,1-2H3/t10-,11-. The van der Waals surface area contributed by atoms with Crippen LogP contribution < -0.4 is 0 Å². The third-order valence-electron chi connectivity index (χ3n) is 4.83. The van der Waals surface area contributed by atoms with Crippen LogP contribution in [0.25, 0.3) is 5.65 Å². The van der Waals surface area contributed by atoms with Gasteiger partial charge in [0, 0.05) is 23.2 Å². The molecule has 0 spiro atoms. The highest BCUT2D eigenvalue weighted by Crippen LogP contribution is 2.42. The molecule has 7 heteroatoms. The van der Waals surface area contributed by atoms with Crippen molar-refractivity contribution in [2.24, 2.45) is 5.92 Å². The fourth-order valence-electron chi connectivity index (χ4n) is 3.45. The van der Waals surface area contributed by atoms with Crippen molar-refractivity contribution in [1.29, 1.82) is 0 Å². The minimum atomic E-state index is -4.08. The Labute approximate surface area is 137 Å². The molecular weight excluding hydrogens is 327 g/mol. The summed E-state index contributed by atoms with van der Waals surface area (Å²) in [6, 6.07) is 1.86. The maximum atomic E-state index is 12.8. The Hall–Kier alpha value is -1.30. The van der Waals surface area contributed by atoms with Crippen LogP contribution in [0.4, 0.5) is 13.2 Å². The number of fused-ring (bicyclic) bond motifs is 1. The van der Waals surface area contributed by atoms with Crippen molar-refractivity contribution in [1.82, 2.24) is 14.6 Å². The predicted octanol–water partition coefficient (Wildman–Crippen LogP) is 5.09. The molecule has 0 bridgehead atoms. The van der Waals surface area contributed by atoms with Crippen LogP contribution in [0.5, 0.6) is 0 Å². The summed E-state index contributed by atoms with van der Waals surface area (Å²) in [5.41, 5.74) is 3.29. The summed E-state index contributed by atoms with van der Waals surface area (Å²) in [6.45, 7) is 3.91. The molecule has 0 N–H and O–H groups in total. The molecule has 3 nitrogen and oxygen atoms in total. The molecule has 0 aromatic carbocycles. The van der Waals surface area contributed by atoms with Crippen molar-refractivity contribution in [3.8, 4) is 0 Å². The Bertz CT molecular complexity index is 715. The summed E-state index contributed by atoms with van der Waals surface area (Å²) < 4.78 is 39.9. The van der Waals surface area contributed by atoms with Crippen LogP contribution in [0.3, 0.4) is 0 Å². The number of hydrogen-bond acceptors (Lipinski definition) is 2. The summed E-state index contributed by atoms with van der Waals surface area (Å²) in [7, 11) is 0. The van der Waals surface area contributed by atoms with E-state index in [4.69, 9.17) is 11.6 Å². The van der Waals surface area contributed by atoms with Gasteiger partial charge in [0.05, 0.1) is 11.6 Å². The van der Waals surface area contributed by atoms with Crippen LogP contribution in [0.15, 0.2) is 6.07 Å². The molecule has 2 aromatic heterocycles. The Balaban J connectivity index is 1.86. The molecule has 2 heterocycles. The van der Waals surface area contributed by atoms with E-state index in [2.05, 4.69) is 10.1 Å². The van der Waals surface area contributed by atoms with Crippen molar-refractivity contribution in [2.75, 3.05) is 0 Å². The summed E-state index contributed by atoms with van der Waals surface area (Å²) in [4.78, 5) is 4.51. The minimum absolute atomic E-state index is 0.0525. The van der Waals surface area contributed by atoms with E-state index in [1.165, 1.54) is 0 Å². The van der Waals surface area contributed by atoms with Crippen LogP contribution in [-0.2, 0) is 6.42 Å². The minimum Gasteiger partial charge on any atom is -0.233 e. The first kappa shape index (κ1) is 16.6. The first-order chi connectivity index (χ1) is 10.8. The molecule has 1 fully saturated rings. The van der Waals surface area contributed by atoms with Gasteiger partial charge >= 0.3 is 6.18 Å². The molecule has 23 heavy (non-hydrogen) atoms. The highest BCUT2D eigenvalue weighted by Gasteiger charge is 2.41. The fraction of sp³-hybridized carbons (Fsp3) is 0.625. The van der Waals surface area contributed by atoms with Crippen LogP contribution in [0.2, 0.25) is 5.15 Å². The number of alkyl halides is 3. The largest absolute Gasteiger partial charge is 0.391 e. The van der Waals surface area contributed by atoms with E-state index in [9.17, 15) is 13.2 Å². The lowest BCUT2D eigenvalue weighted by molar-refractivity contribution is -0.182. The summed E-state index contributed by atoms with van der Waals surface area (Å²) in [6.07, 6.45) is -1.97. The zero-order chi connectivity index (χ0) is 16.8. The molecule has 0 radical (unpaired) electrons. The maximum absolute atomic E-state index is 12.8. The van der Waals surface area contributed by atoms with Gasteiger partial charge in [0.15, 0.2) is 5.65 Å². The lowest BCUT2D eigenvalue weighted by Gasteiger charge is -2.28. The second-order valence-corrected chi connectivity index (χ2v) is 6.61. The van der Waals surface area contributed by atoms with Crippen molar-refractivity contribution in [3.63, 3.8) is 0 Å².